The van der Waals surface area contributed by atoms with Gasteiger partial charge in [-0.15, -0.1) is 0 Å². The predicted molar refractivity (Wildman–Crippen MR) is 401 cm³/mol. The number of primary amides is 1. The van der Waals surface area contributed by atoms with Crippen molar-refractivity contribution >= 4 is 121 Å². The standard InChI is InChI=1S/C72H98FN17O17S2/c1-39(74)31-59(94)90(44-14-5-6-15-44)36-58(93)82-52(32-40-20-22-45(91)23-21-40)67(103)88-56-38-109-108-37-55(63(75)99)87-66(102)51(25-27-61(97)98)84-69(105)54(34-43-35-80-48-18-9-7-16-46(43)48)85-65(101)50(24-26-60(95)96)81-57(92)28-30-78-64(100)49(19-10-29-79-72(76)77)83-68(104)53(33-42-13-4-8-17-47(42)73)86-71(107)62(89-70(56)106)41-11-2-3-12-41/h4,7-9,13,16-18,20-23,35,39,41,44,49-56,62,80,91H,2-3,5-6,10-12,14-15,19,24-34,36-38,74H2,1H3,(H2,75,99)(H,78,100)(H,81,92)(H,82,93)(H,83,104)(H,84,105)(H,85,101)(H,86,107)(H,87,102)(H,88,103)(H,89,106)(H,95,96)(H,97,98)(H4,76,77,79)/t39-,49+,50+,51+,52+,53+,54+,55+,56+,62+/m1/s1. The van der Waals surface area contributed by atoms with Gasteiger partial charge in [0.2, 0.25) is 70.9 Å². The first-order valence-electron chi connectivity index (χ1n) is 36.1. The summed E-state index contributed by atoms with van der Waals surface area (Å²) in [6, 6.07) is 2.45. The molecule has 3 aromatic carbocycles. The van der Waals surface area contributed by atoms with E-state index in [4.69, 9.17) is 22.9 Å². The third-order valence-corrected chi connectivity index (χ3v) is 21.2. The Labute approximate surface area is 635 Å². The van der Waals surface area contributed by atoms with Gasteiger partial charge in [-0.25, -0.2) is 4.39 Å². The van der Waals surface area contributed by atoms with E-state index in [9.17, 15) is 68.1 Å². The van der Waals surface area contributed by atoms with Crippen LogP contribution >= 0.6 is 21.6 Å². The molecule has 37 heteroatoms. The molecular weight excluding hydrogens is 1460 g/mol. The second kappa shape index (κ2) is 42.8. The molecule has 3 aliphatic rings. The number of carbonyl (C=O) groups is 14. The molecule has 0 spiro atoms. The summed E-state index contributed by atoms with van der Waals surface area (Å²) in [5.74, 6) is -16.8. The molecule has 0 unspecified atom stereocenters. The van der Waals surface area contributed by atoms with Crippen molar-refractivity contribution in [3.05, 3.63) is 102 Å². The molecule has 7 rings (SSSR count). The van der Waals surface area contributed by atoms with Crippen LogP contribution in [0, 0.1) is 11.7 Å². The third-order valence-electron chi connectivity index (χ3n) is 18.8. The number of hydrogen-bond donors (Lipinski definition) is 18. The number of aromatic amines is 1. The minimum Gasteiger partial charge on any atom is -0.508 e. The zero-order chi connectivity index (χ0) is 79.3. The summed E-state index contributed by atoms with van der Waals surface area (Å²) >= 11 is 0. The number of rotatable bonds is 26. The van der Waals surface area contributed by atoms with Crippen molar-refractivity contribution in [1.82, 2.24) is 63.1 Å². The van der Waals surface area contributed by atoms with Gasteiger partial charge in [-0.2, -0.15) is 0 Å². The average Bonchev–Trinajstić information content (AvgIpc) is 1.74. The lowest BCUT2D eigenvalue weighted by molar-refractivity contribution is -0.139. The number of carbonyl (C=O) groups excluding carboxylic acids is 12. The summed E-state index contributed by atoms with van der Waals surface area (Å²) < 4.78 is 15.7. The molecule has 22 N–H and O–H groups in total. The number of phenolic OH excluding ortho intramolecular Hbond substituents is 1. The number of halogens is 1. The minimum atomic E-state index is -1.77. The van der Waals surface area contributed by atoms with Crippen LogP contribution in [-0.2, 0) is 86.4 Å². The first-order chi connectivity index (χ1) is 52.0. The van der Waals surface area contributed by atoms with Crippen molar-refractivity contribution in [2.45, 2.75) is 195 Å². The second-order valence-electron chi connectivity index (χ2n) is 27.3. The largest absolute Gasteiger partial charge is 0.508 e. The summed E-state index contributed by atoms with van der Waals surface area (Å²) in [5, 5.41) is 56.5. The highest BCUT2D eigenvalue weighted by Gasteiger charge is 2.40. The van der Waals surface area contributed by atoms with Gasteiger partial charge in [-0.05, 0) is 105 Å². The van der Waals surface area contributed by atoms with Crippen molar-refractivity contribution in [3.63, 3.8) is 0 Å². The Balaban J connectivity index is 1.28. The smallest absolute Gasteiger partial charge is 0.303 e. The predicted octanol–water partition coefficient (Wildman–Crippen LogP) is -0.728. The average molecular weight is 1560 g/mol. The molecule has 3 fully saturated rings. The van der Waals surface area contributed by atoms with Gasteiger partial charge >= 0.3 is 11.9 Å². The summed E-state index contributed by atoms with van der Waals surface area (Å²) in [4.78, 5) is 206. The molecule has 0 bridgehead atoms. The third kappa shape index (κ3) is 27.9. The molecule has 2 aliphatic carbocycles. The van der Waals surface area contributed by atoms with E-state index in [0.717, 1.165) is 40.5 Å². The summed E-state index contributed by atoms with van der Waals surface area (Å²) in [6.07, 6.45) is 1.76. The zero-order valence-corrected chi connectivity index (χ0v) is 62.0. The number of aliphatic imine (C=N–C) groups is 1. The number of nitrogens with two attached hydrogens (primary N) is 4. The molecule has 2 saturated carbocycles. The van der Waals surface area contributed by atoms with Crippen LogP contribution in [0.1, 0.15) is 126 Å². The van der Waals surface area contributed by atoms with E-state index in [1.165, 1.54) is 47.4 Å². The maximum absolute atomic E-state index is 15.7. The van der Waals surface area contributed by atoms with E-state index in [1.807, 2.05) is 0 Å². The van der Waals surface area contributed by atoms with Gasteiger partial charge in [-0.3, -0.25) is 72.1 Å². The maximum atomic E-state index is 15.7. The highest BCUT2D eigenvalue weighted by Crippen LogP contribution is 2.30. The number of carboxylic acid groups (broad SMARTS) is 2. The molecule has 0 radical (unpaired) electrons. The minimum absolute atomic E-state index is 0.0472. The van der Waals surface area contributed by atoms with Crippen LogP contribution in [0.15, 0.2) is 84.0 Å². The van der Waals surface area contributed by atoms with Crippen molar-refractivity contribution in [3.8, 4) is 5.75 Å². The molecule has 1 aliphatic heterocycles. The lowest BCUT2D eigenvalue weighted by atomic mass is 9.95. The van der Waals surface area contributed by atoms with Gasteiger partial charge < -0.3 is 101 Å². The molecule has 109 heavy (non-hydrogen) atoms. The summed E-state index contributed by atoms with van der Waals surface area (Å²) in [5.41, 5.74) is 24.5. The Morgan fingerprint density at radius 2 is 1.22 bits per heavy atom. The van der Waals surface area contributed by atoms with Crippen molar-refractivity contribution in [2.24, 2.45) is 33.8 Å². The number of hydrogen-bond acceptors (Lipinski definition) is 19. The van der Waals surface area contributed by atoms with Crippen molar-refractivity contribution < 1.29 is 86.8 Å². The van der Waals surface area contributed by atoms with E-state index < -0.39 is 212 Å². The number of fused-ring (bicyclic) bond motifs is 1. The fraction of sp³-hybridized carbons (Fsp3) is 0.514. The van der Waals surface area contributed by atoms with Crippen molar-refractivity contribution in [1.29, 1.82) is 0 Å². The number of amides is 12. The molecule has 10 atom stereocenters. The van der Waals surface area contributed by atoms with E-state index in [0.29, 0.717) is 60.6 Å². The van der Waals surface area contributed by atoms with Gasteiger partial charge in [0.05, 0.1) is 6.54 Å². The SMILES string of the molecule is C[C@@H](N)CC(=O)N(CC(=O)N[C@@H](Cc1ccc(O)cc1)C(=O)N[C@H]1CSSC[C@@H](C(N)=O)NC(=O)[C@H](CCC(=O)O)NC(=O)[C@H](Cc2c[nH]c3ccccc23)NC(=O)[C@H](CCC(=O)O)NC(=O)CCNC(=O)[C@H](CCCN=C(N)N)NC(=O)[C@H](Cc2ccccc2F)NC(=O)[C@H](C2CCCC2)NC1=O)C1CCCC1. The summed E-state index contributed by atoms with van der Waals surface area (Å²) in [7, 11) is 1.69. The maximum Gasteiger partial charge on any atom is 0.303 e. The van der Waals surface area contributed by atoms with Gasteiger partial charge in [0.25, 0.3) is 0 Å². The van der Waals surface area contributed by atoms with E-state index in [1.54, 1.807) is 37.4 Å². The number of nitrogens with zero attached hydrogens (tertiary/aromatic N) is 2. The molecule has 34 nitrogen and oxygen atoms in total. The van der Waals surface area contributed by atoms with Crippen LogP contribution in [0.4, 0.5) is 4.39 Å². The number of aliphatic carboxylic acids is 2. The summed E-state index contributed by atoms with van der Waals surface area (Å²) in [6.45, 7) is 0.639. The molecule has 4 aromatic rings. The molecule has 592 valence electrons. The number of nitrogens with one attached hydrogen (secondary N) is 11. The number of para-hydroxylation sites is 1. The number of benzene rings is 3. The van der Waals surface area contributed by atoms with Gasteiger partial charge in [0.15, 0.2) is 5.96 Å². The van der Waals surface area contributed by atoms with Crippen LogP contribution in [-0.4, -0.2) is 212 Å². The normalized spacial score (nSPS) is 22.3. The van der Waals surface area contributed by atoms with E-state index in [-0.39, 0.29) is 67.9 Å². The topological polar surface area (TPSA) is 555 Å². The highest BCUT2D eigenvalue weighted by molar-refractivity contribution is 8.76. The fourth-order valence-electron chi connectivity index (χ4n) is 13.0. The van der Waals surface area contributed by atoms with Crippen LogP contribution < -0.4 is 76.1 Å². The molecule has 2 heterocycles. The highest BCUT2D eigenvalue weighted by atomic mass is 33.1. The Bertz CT molecular complexity index is 3910. The van der Waals surface area contributed by atoms with Crippen LogP contribution in [0.5, 0.6) is 5.75 Å². The van der Waals surface area contributed by atoms with Gasteiger partial charge in [-0.1, -0.05) is 95.8 Å². The van der Waals surface area contributed by atoms with Crippen LogP contribution in [0.2, 0.25) is 0 Å². The Morgan fingerprint density at radius 1 is 0.651 bits per heavy atom. The van der Waals surface area contributed by atoms with Crippen molar-refractivity contribution in [2.75, 3.05) is 31.1 Å². The number of aromatic hydroxyl groups is 1. The number of phenols is 1. The monoisotopic (exact) mass is 1560 g/mol. The Kier molecular flexibility index (Phi) is 33.7. The zero-order valence-electron chi connectivity index (χ0n) is 60.4. The number of H-pyrrole nitrogens is 1. The number of carboxylic acids is 2. The van der Waals surface area contributed by atoms with Crippen LogP contribution in [0.25, 0.3) is 10.9 Å². The molecule has 12 amide bonds. The lowest BCUT2D eigenvalue weighted by Gasteiger charge is -2.31. The first kappa shape index (κ1) is 85.7. The van der Waals surface area contributed by atoms with Gasteiger partial charge in [0, 0.05) is 98.7 Å². The van der Waals surface area contributed by atoms with E-state index >= 15 is 18.8 Å². The van der Waals surface area contributed by atoms with Gasteiger partial charge in [0.1, 0.15) is 65.9 Å². The lowest BCUT2D eigenvalue weighted by Crippen LogP contribution is -2.61. The Morgan fingerprint density at radius 3 is 1.85 bits per heavy atom. The molecular formula is C72H98FN17O17S2. The fourth-order valence-corrected chi connectivity index (χ4v) is 15.4. The van der Waals surface area contributed by atoms with E-state index in [2.05, 4.69) is 63.1 Å². The first-order valence-corrected chi connectivity index (χ1v) is 38.6. The molecule has 1 aromatic heterocycles. The Hall–Kier alpha value is -10.6. The quantitative estimate of drug-likeness (QED) is 0.0159. The van der Waals surface area contributed by atoms with Crippen LogP contribution in [0.3, 0.4) is 0 Å². The number of guanidine groups is 1. The second-order valence-corrected chi connectivity index (χ2v) is 29.9. The number of aromatic nitrogens is 1. The molecule has 1 saturated heterocycles.